The molecule has 2 aromatic rings. The molecule has 0 aliphatic carbocycles. The third-order valence-electron chi connectivity index (χ3n) is 2.87. The molecule has 24 heavy (non-hydrogen) atoms. The Labute approximate surface area is 139 Å². The van der Waals surface area contributed by atoms with E-state index in [0.29, 0.717) is 18.9 Å². The summed E-state index contributed by atoms with van der Waals surface area (Å²) in [6.07, 6.45) is 1.61. The summed E-state index contributed by atoms with van der Waals surface area (Å²) in [5.41, 5.74) is 0.490. The van der Waals surface area contributed by atoms with Gasteiger partial charge in [0.15, 0.2) is 0 Å². The van der Waals surface area contributed by atoms with Crippen molar-refractivity contribution in [2.75, 3.05) is 18.5 Å². The highest BCUT2D eigenvalue weighted by Crippen LogP contribution is 2.21. The highest BCUT2D eigenvalue weighted by Gasteiger charge is 2.13. The van der Waals surface area contributed by atoms with Crippen LogP contribution in [-0.2, 0) is 0 Å². The molecule has 8 heteroatoms. The van der Waals surface area contributed by atoms with Gasteiger partial charge in [0.05, 0.1) is 24.5 Å². The van der Waals surface area contributed by atoms with Crippen molar-refractivity contribution in [3.63, 3.8) is 0 Å². The molecule has 1 aromatic heterocycles. The summed E-state index contributed by atoms with van der Waals surface area (Å²) in [5, 5.41) is 12.1. The van der Waals surface area contributed by atoms with E-state index in [1.165, 1.54) is 6.07 Å². The number of nitrogens with one attached hydrogen (secondary N) is 1. The number of nitrogens with zero attached hydrogens (tertiary/aromatic N) is 3. The minimum atomic E-state index is -1.04. The molecule has 0 bridgehead atoms. The Bertz CT molecular complexity index is 667. The van der Waals surface area contributed by atoms with Crippen LogP contribution in [0, 0.1) is 0 Å². The number of hydrogen-bond acceptors (Lipinski definition) is 7. The van der Waals surface area contributed by atoms with Crippen LogP contribution in [0.5, 0.6) is 12.0 Å². The molecular weight excluding hydrogens is 312 g/mol. The molecule has 0 fully saturated rings. The fourth-order valence-corrected chi connectivity index (χ4v) is 1.81. The molecule has 0 unspecified atom stereocenters. The van der Waals surface area contributed by atoms with Gasteiger partial charge in [-0.3, -0.25) is 0 Å². The van der Waals surface area contributed by atoms with Crippen LogP contribution in [-0.4, -0.2) is 39.2 Å². The fraction of sp³-hybridized carbons (Fsp3) is 0.375. The van der Waals surface area contributed by atoms with E-state index in [9.17, 15) is 9.90 Å². The van der Waals surface area contributed by atoms with Gasteiger partial charge in [-0.15, -0.1) is 4.98 Å². The number of aromatic carboxylic acids is 1. The quantitative estimate of drug-likeness (QED) is 0.722. The van der Waals surface area contributed by atoms with Crippen molar-refractivity contribution in [3.8, 4) is 12.0 Å². The number of benzene rings is 1. The Kier molecular flexibility index (Phi) is 6.30. The number of carboxylic acid groups (broad SMARTS) is 1. The largest absolute Gasteiger partial charge is 0.478 e. The number of ether oxygens (including phenoxy) is 2. The Morgan fingerprint density at radius 3 is 2.17 bits per heavy atom. The topological polar surface area (TPSA) is 106 Å². The van der Waals surface area contributed by atoms with E-state index in [0.717, 1.165) is 12.8 Å². The second-order valence-electron chi connectivity index (χ2n) is 4.90. The van der Waals surface area contributed by atoms with Crippen LogP contribution in [0.4, 0.5) is 11.6 Å². The van der Waals surface area contributed by atoms with Crippen LogP contribution in [0.15, 0.2) is 24.3 Å². The molecule has 2 rings (SSSR count). The summed E-state index contributed by atoms with van der Waals surface area (Å²) in [4.78, 5) is 23.7. The van der Waals surface area contributed by atoms with Gasteiger partial charge in [-0.05, 0) is 25.0 Å². The van der Waals surface area contributed by atoms with Gasteiger partial charge < -0.3 is 19.9 Å². The van der Waals surface area contributed by atoms with Gasteiger partial charge in [0, 0.05) is 0 Å². The molecule has 8 nitrogen and oxygen atoms in total. The first-order chi connectivity index (χ1) is 11.6. The minimum Gasteiger partial charge on any atom is -0.478 e. The number of anilines is 2. The third-order valence-corrected chi connectivity index (χ3v) is 2.87. The first-order valence-corrected chi connectivity index (χ1v) is 7.75. The summed E-state index contributed by atoms with van der Waals surface area (Å²) >= 11 is 0. The Morgan fingerprint density at radius 1 is 1.04 bits per heavy atom. The predicted molar refractivity (Wildman–Crippen MR) is 88.1 cm³/mol. The average molecular weight is 332 g/mol. The van der Waals surface area contributed by atoms with Gasteiger partial charge in [0.1, 0.15) is 0 Å². The lowest BCUT2D eigenvalue weighted by atomic mass is 10.2. The SMILES string of the molecule is CCCOc1nc(Nc2ccccc2C(=O)O)nc(OCCC)n1. The molecule has 2 N–H and O–H groups in total. The van der Waals surface area contributed by atoms with E-state index >= 15 is 0 Å². The maximum Gasteiger partial charge on any atom is 0.337 e. The van der Waals surface area contributed by atoms with Crippen molar-refractivity contribution in [1.82, 2.24) is 15.0 Å². The maximum atomic E-state index is 11.3. The highest BCUT2D eigenvalue weighted by molar-refractivity contribution is 5.94. The number of hydrogen-bond donors (Lipinski definition) is 2. The summed E-state index contributed by atoms with van der Waals surface area (Å²) in [6.45, 7) is 4.86. The average Bonchev–Trinajstić information content (AvgIpc) is 2.58. The molecule has 0 amide bonds. The Hall–Kier alpha value is -2.90. The Balaban J connectivity index is 2.29. The van der Waals surface area contributed by atoms with Gasteiger partial charge in [-0.2, -0.15) is 9.97 Å². The number of para-hydroxylation sites is 1. The van der Waals surface area contributed by atoms with Gasteiger partial charge in [-0.25, -0.2) is 4.79 Å². The lowest BCUT2D eigenvalue weighted by Crippen LogP contribution is -2.09. The lowest BCUT2D eigenvalue weighted by molar-refractivity contribution is 0.0698. The second kappa shape index (κ2) is 8.66. The van der Waals surface area contributed by atoms with E-state index < -0.39 is 5.97 Å². The highest BCUT2D eigenvalue weighted by atomic mass is 16.5. The zero-order chi connectivity index (χ0) is 17.4. The monoisotopic (exact) mass is 332 g/mol. The molecule has 0 atom stereocenters. The van der Waals surface area contributed by atoms with Crippen molar-refractivity contribution >= 4 is 17.6 Å². The standard InChI is InChI=1S/C16H20N4O4/c1-3-9-23-15-18-14(19-16(20-15)24-10-4-2)17-12-8-6-5-7-11(12)13(21)22/h5-8H,3-4,9-10H2,1-2H3,(H,21,22)(H,17,18,19,20). The summed E-state index contributed by atoms with van der Waals surface area (Å²) in [6, 6.07) is 6.76. The summed E-state index contributed by atoms with van der Waals surface area (Å²) in [7, 11) is 0. The van der Waals surface area contributed by atoms with Crippen LogP contribution >= 0.6 is 0 Å². The van der Waals surface area contributed by atoms with E-state index in [2.05, 4.69) is 20.3 Å². The smallest absolute Gasteiger partial charge is 0.337 e. The molecule has 0 saturated carbocycles. The van der Waals surface area contributed by atoms with Crippen molar-refractivity contribution < 1.29 is 19.4 Å². The van der Waals surface area contributed by atoms with Gasteiger partial charge in [0.25, 0.3) is 0 Å². The molecule has 0 aliphatic heterocycles. The minimum absolute atomic E-state index is 0.116. The van der Waals surface area contributed by atoms with E-state index in [-0.39, 0.29) is 23.5 Å². The van der Waals surface area contributed by atoms with Gasteiger partial charge in [-0.1, -0.05) is 26.0 Å². The number of carbonyl (C=O) groups is 1. The van der Waals surface area contributed by atoms with Crippen molar-refractivity contribution in [2.45, 2.75) is 26.7 Å². The first kappa shape index (κ1) is 17.5. The fourth-order valence-electron chi connectivity index (χ4n) is 1.81. The van der Waals surface area contributed by atoms with E-state index in [1.54, 1.807) is 18.2 Å². The third kappa shape index (κ3) is 4.80. The van der Waals surface area contributed by atoms with Crippen LogP contribution in [0.2, 0.25) is 0 Å². The molecule has 1 heterocycles. The van der Waals surface area contributed by atoms with Crippen LogP contribution in [0.1, 0.15) is 37.0 Å². The molecule has 0 spiro atoms. The maximum absolute atomic E-state index is 11.3. The lowest BCUT2D eigenvalue weighted by Gasteiger charge is -2.11. The van der Waals surface area contributed by atoms with Gasteiger partial charge >= 0.3 is 18.0 Å². The van der Waals surface area contributed by atoms with E-state index in [4.69, 9.17) is 9.47 Å². The summed E-state index contributed by atoms with van der Waals surface area (Å²) < 4.78 is 10.9. The van der Waals surface area contributed by atoms with Gasteiger partial charge in [0.2, 0.25) is 5.95 Å². The molecule has 1 aromatic carbocycles. The number of rotatable bonds is 9. The Morgan fingerprint density at radius 2 is 1.62 bits per heavy atom. The molecule has 128 valence electrons. The molecule has 0 saturated heterocycles. The van der Waals surface area contributed by atoms with Crippen molar-refractivity contribution in [1.29, 1.82) is 0 Å². The number of aromatic nitrogens is 3. The molecular formula is C16H20N4O4. The molecule has 0 radical (unpaired) electrons. The summed E-state index contributed by atoms with van der Waals surface area (Å²) in [5.74, 6) is -0.882. The molecule has 0 aliphatic rings. The second-order valence-corrected chi connectivity index (χ2v) is 4.90. The normalized spacial score (nSPS) is 10.2. The zero-order valence-corrected chi connectivity index (χ0v) is 13.7. The van der Waals surface area contributed by atoms with E-state index in [1.807, 2.05) is 13.8 Å². The van der Waals surface area contributed by atoms with Crippen LogP contribution < -0.4 is 14.8 Å². The van der Waals surface area contributed by atoms with Crippen LogP contribution in [0.3, 0.4) is 0 Å². The van der Waals surface area contributed by atoms with Crippen molar-refractivity contribution in [3.05, 3.63) is 29.8 Å². The predicted octanol–water partition coefficient (Wildman–Crippen LogP) is 2.89. The first-order valence-electron chi connectivity index (χ1n) is 7.75. The van der Waals surface area contributed by atoms with Crippen molar-refractivity contribution in [2.24, 2.45) is 0 Å². The van der Waals surface area contributed by atoms with Crippen LogP contribution in [0.25, 0.3) is 0 Å². The number of carboxylic acids is 1. The zero-order valence-electron chi connectivity index (χ0n) is 13.7.